The van der Waals surface area contributed by atoms with Crippen molar-refractivity contribution >= 4 is 11.8 Å². The molecule has 0 aliphatic carbocycles. The van der Waals surface area contributed by atoms with E-state index in [0.717, 1.165) is 22.3 Å². The number of hydrogen-bond donors (Lipinski definition) is 1. The number of ether oxygens (including phenoxy) is 1. The molecule has 0 aromatic heterocycles. The van der Waals surface area contributed by atoms with Crippen LogP contribution < -0.4 is 10.1 Å². The lowest BCUT2D eigenvalue weighted by molar-refractivity contribution is -0.141. The van der Waals surface area contributed by atoms with Gasteiger partial charge < -0.3 is 15.0 Å². The lowest BCUT2D eigenvalue weighted by Crippen LogP contribution is -2.50. The minimum atomic E-state index is -0.768. The van der Waals surface area contributed by atoms with E-state index in [0.29, 0.717) is 18.6 Å². The summed E-state index contributed by atoms with van der Waals surface area (Å²) in [6.45, 7) is 0.449. The van der Waals surface area contributed by atoms with E-state index in [1.807, 2.05) is 84.9 Å². The van der Waals surface area contributed by atoms with Gasteiger partial charge >= 0.3 is 0 Å². The van der Waals surface area contributed by atoms with Crippen LogP contribution in [0.25, 0.3) is 0 Å². The van der Waals surface area contributed by atoms with Crippen LogP contribution in [-0.2, 0) is 35.5 Å². The molecule has 1 N–H and O–H groups in total. The van der Waals surface area contributed by atoms with E-state index >= 15 is 0 Å². The van der Waals surface area contributed by atoms with Gasteiger partial charge in [-0.15, -0.1) is 0 Å². The van der Waals surface area contributed by atoms with Crippen LogP contribution in [0.2, 0.25) is 0 Å². The van der Waals surface area contributed by atoms with Gasteiger partial charge in [0.2, 0.25) is 11.8 Å². The summed E-state index contributed by atoms with van der Waals surface area (Å²) in [5.41, 5.74) is 3.58. The molecule has 0 radical (unpaired) electrons. The van der Waals surface area contributed by atoms with Crippen LogP contribution in [0.15, 0.2) is 109 Å². The van der Waals surface area contributed by atoms with Crippen molar-refractivity contribution in [3.63, 3.8) is 0 Å². The molecule has 0 saturated carbocycles. The average molecular weight is 525 g/mol. The van der Waals surface area contributed by atoms with Gasteiger partial charge in [-0.3, -0.25) is 9.59 Å². The third kappa shape index (κ3) is 8.01. The number of amides is 2. The van der Waals surface area contributed by atoms with E-state index in [2.05, 4.69) is 5.32 Å². The second-order valence-corrected chi connectivity index (χ2v) is 9.37. The molecule has 0 unspecified atom stereocenters. The summed E-state index contributed by atoms with van der Waals surface area (Å²) in [5.74, 6) is -0.0768. The Hall–Kier alpha value is -4.45. The molecule has 200 valence electrons. The number of rotatable bonds is 12. The smallest absolute Gasteiger partial charge is 0.243 e. The summed E-state index contributed by atoms with van der Waals surface area (Å²) in [6, 6.07) is 32.2. The minimum Gasteiger partial charge on any atom is -0.496 e. The van der Waals surface area contributed by atoms with E-state index in [1.54, 1.807) is 24.1 Å². The lowest BCUT2D eigenvalue weighted by Gasteiger charge is -2.32. The number of para-hydroxylation sites is 1. The summed E-state index contributed by atoms with van der Waals surface area (Å²) in [7, 11) is 1.59. The van der Waals surface area contributed by atoms with Crippen molar-refractivity contribution in [2.24, 2.45) is 0 Å². The number of carbonyl (C=O) groups is 2. The maximum absolute atomic E-state index is 13.8. The van der Waals surface area contributed by atoms with Crippen LogP contribution in [0.3, 0.4) is 0 Å². The fourth-order valence-corrected chi connectivity index (χ4v) is 4.53. The van der Waals surface area contributed by atoms with E-state index in [-0.39, 0.29) is 37.1 Å². The van der Waals surface area contributed by atoms with Crippen molar-refractivity contribution in [1.82, 2.24) is 10.2 Å². The predicted octanol–water partition coefficient (Wildman–Crippen LogP) is 5.72. The largest absolute Gasteiger partial charge is 0.496 e. The number of methoxy groups -OCH3 is 1. The maximum atomic E-state index is 13.8. The van der Waals surface area contributed by atoms with Crippen LogP contribution in [0.1, 0.15) is 28.7 Å². The van der Waals surface area contributed by atoms with E-state index in [9.17, 15) is 14.0 Å². The second kappa shape index (κ2) is 13.9. The van der Waals surface area contributed by atoms with Crippen LogP contribution in [0.5, 0.6) is 5.75 Å². The van der Waals surface area contributed by atoms with Gasteiger partial charge in [-0.25, -0.2) is 4.39 Å². The zero-order valence-corrected chi connectivity index (χ0v) is 22.1. The molecule has 0 spiro atoms. The van der Waals surface area contributed by atoms with Gasteiger partial charge in [-0.05, 0) is 41.3 Å². The molecule has 0 bridgehead atoms. The predicted molar refractivity (Wildman–Crippen MR) is 150 cm³/mol. The Kier molecular flexibility index (Phi) is 9.84. The monoisotopic (exact) mass is 524 g/mol. The van der Waals surface area contributed by atoms with Crippen LogP contribution in [0.4, 0.5) is 4.39 Å². The zero-order valence-electron chi connectivity index (χ0n) is 22.1. The zero-order chi connectivity index (χ0) is 27.5. The Balaban J connectivity index is 1.61. The van der Waals surface area contributed by atoms with Crippen molar-refractivity contribution in [3.8, 4) is 5.75 Å². The van der Waals surface area contributed by atoms with Gasteiger partial charge in [0.1, 0.15) is 17.6 Å². The van der Waals surface area contributed by atoms with Crippen molar-refractivity contribution in [2.75, 3.05) is 7.11 Å². The Morgan fingerprint density at radius 2 is 1.41 bits per heavy atom. The Morgan fingerprint density at radius 1 is 0.795 bits per heavy atom. The maximum Gasteiger partial charge on any atom is 0.243 e. The molecule has 5 nitrogen and oxygen atoms in total. The number of halogens is 1. The molecule has 39 heavy (non-hydrogen) atoms. The molecule has 6 heteroatoms. The van der Waals surface area contributed by atoms with E-state index in [1.165, 1.54) is 12.1 Å². The lowest BCUT2D eigenvalue weighted by atomic mass is 10.0. The first kappa shape index (κ1) is 27.6. The van der Waals surface area contributed by atoms with Gasteiger partial charge in [0.25, 0.3) is 0 Å². The summed E-state index contributed by atoms with van der Waals surface area (Å²) in [6.07, 6.45) is 1.15. The summed E-state index contributed by atoms with van der Waals surface area (Å²) < 4.78 is 19.1. The highest BCUT2D eigenvalue weighted by molar-refractivity contribution is 5.88. The summed E-state index contributed by atoms with van der Waals surface area (Å²) in [5, 5.41) is 3.03. The summed E-state index contributed by atoms with van der Waals surface area (Å²) in [4.78, 5) is 29.2. The topological polar surface area (TPSA) is 58.6 Å². The average Bonchev–Trinajstić information content (AvgIpc) is 2.98. The molecule has 2 amide bonds. The number of hydrogen-bond acceptors (Lipinski definition) is 3. The SMILES string of the molecule is COc1ccccc1CNC(=O)[C@@H](Cc1ccccc1)N(Cc1ccc(F)cc1)C(=O)CCc1ccccc1. The molecule has 4 rings (SSSR count). The highest BCUT2D eigenvalue weighted by atomic mass is 19.1. The number of nitrogens with zero attached hydrogens (tertiary/aromatic N) is 1. The third-order valence-electron chi connectivity index (χ3n) is 6.65. The third-order valence-corrected chi connectivity index (χ3v) is 6.65. The number of nitrogens with one attached hydrogen (secondary N) is 1. The standard InChI is InChI=1S/C33H33FN2O3/c1-39-31-15-9-8-14-28(31)23-35-33(38)30(22-26-12-6-3-7-13-26)36(24-27-16-19-29(34)20-17-27)32(37)21-18-25-10-4-2-5-11-25/h2-17,19-20,30H,18,21-24H2,1H3,(H,35,38)/t30-/m1/s1. The Bertz CT molecular complexity index is 1340. The highest BCUT2D eigenvalue weighted by Crippen LogP contribution is 2.19. The van der Waals surface area contributed by atoms with Gasteiger partial charge in [-0.1, -0.05) is 91.0 Å². The molecule has 4 aromatic rings. The Labute approximate surface area is 229 Å². The van der Waals surface area contributed by atoms with E-state index in [4.69, 9.17) is 4.74 Å². The normalized spacial score (nSPS) is 11.4. The Morgan fingerprint density at radius 3 is 2.08 bits per heavy atom. The quantitative estimate of drug-likeness (QED) is 0.258. The van der Waals surface area contributed by atoms with Gasteiger partial charge in [0, 0.05) is 31.5 Å². The number of carbonyl (C=O) groups excluding carboxylic acids is 2. The molecule has 0 saturated heterocycles. The fourth-order valence-electron chi connectivity index (χ4n) is 4.53. The fraction of sp³-hybridized carbons (Fsp3) is 0.212. The first-order valence-corrected chi connectivity index (χ1v) is 13.0. The molecule has 0 heterocycles. The molecular weight excluding hydrogens is 491 g/mol. The highest BCUT2D eigenvalue weighted by Gasteiger charge is 2.30. The molecule has 4 aromatic carbocycles. The summed E-state index contributed by atoms with van der Waals surface area (Å²) >= 11 is 0. The van der Waals surface area contributed by atoms with Crippen LogP contribution >= 0.6 is 0 Å². The molecule has 0 aliphatic heterocycles. The number of benzene rings is 4. The van der Waals surface area contributed by atoms with Crippen molar-refractivity contribution in [3.05, 3.63) is 137 Å². The van der Waals surface area contributed by atoms with Crippen LogP contribution in [0, 0.1) is 5.82 Å². The molecule has 0 aliphatic rings. The van der Waals surface area contributed by atoms with Crippen molar-refractivity contribution in [1.29, 1.82) is 0 Å². The first-order valence-electron chi connectivity index (χ1n) is 13.0. The van der Waals surface area contributed by atoms with Crippen molar-refractivity contribution < 1.29 is 18.7 Å². The van der Waals surface area contributed by atoms with Crippen LogP contribution in [-0.4, -0.2) is 29.9 Å². The molecule has 1 atom stereocenters. The molecular formula is C33H33FN2O3. The van der Waals surface area contributed by atoms with Gasteiger partial charge in [0.05, 0.1) is 7.11 Å². The van der Waals surface area contributed by atoms with Gasteiger partial charge in [0.15, 0.2) is 0 Å². The minimum absolute atomic E-state index is 0.142. The second-order valence-electron chi connectivity index (χ2n) is 9.37. The van der Waals surface area contributed by atoms with E-state index < -0.39 is 6.04 Å². The first-order chi connectivity index (χ1) is 19.0. The van der Waals surface area contributed by atoms with Gasteiger partial charge in [-0.2, -0.15) is 0 Å². The molecule has 0 fully saturated rings. The number of aryl methyl sites for hydroxylation is 1. The van der Waals surface area contributed by atoms with Crippen molar-refractivity contribution in [2.45, 2.75) is 38.4 Å².